The van der Waals surface area contributed by atoms with E-state index in [1.807, 2.05) is 0 Å². The molecule has 4 heteroatoms. The third-order valence-corrected chi connectivity index (χ3v) is 9.74. The SMILES string of the molecule is CC1(C)c2ccccc2-c2ccc(N(c3ccc(-c4ccccc4)cc3)c3ccccc3B3OC(C)(C)C(C)(C)O3)cc21. The molecule has 0 N–H and O–H groups in total. The predicted molar refractivity (Wildman–Crippen MR) is 180 cm³/mol. The summed E-state index contributed by atoms with van der Waals surface area (Å²) in [7, 11) is -0.484. The highest BCUT2D eigenvalue weighted by Crippen LogP contribution is 2.50. The van der Waals surface area contributed by atoms with Crippen LogP contribution < -0.4 is 10.4 Å². The fraction of sp³-hybridized carbons (Fsp3) is 0.231. The number of benzene rings is 5. The van der Waals surface area contributed by atoms with Gasteiger partial charge in [-0.15, -0.1) is 0 Å². The minimum absolute atomic E-state index is 0.101. The summed E-state index contributed by atoms with van der Waals surface area (Å²) < 4.78 is 13.2. The number of para-hydroxylation sites is 1. The Labute approximate surface area is 256 Å². The van der Waals surface area contributed by atoms with Crippen LogP contribution in [0.25, 0.3) is 22.3 Å². The standard InChI is InChI=1S/C39H38BNO2/c1-37(2)33-17-11-10-16-31(33)32-25-24-30(26-34(32)37)41(29-22-20-28(21-23-29)27-14-8-7-9-15-27)36-19-13-12-18-35(36)40-42-38(3,4)39(5,6)43-40/h7-26H,1-6H3. The van der Waals surface area contributed by atoms with Crippen LogP contribution in [0, 0.1) is 0 Å². The smallest absolute Gasteiger partial charge is 0.399 e. The van der Waals surface area contributed by atoms with E-state index >= 15 is 0 Å². The molecule has 1 saturated heterocycles. The first-order chi connectivity index (χ1) is 20.6. The van der Waals surface area contributed by atoms with Crippen LogP contribution in [0.15, 0.2) is 121 Å². The Morgan fingerprint density at radius 3 is 1.79 bits per heavy atom. The predicted octanol–water partition coefficient (Wildman–Crippen LogP) is 9.43. The molecule has 0 aromatic heterocycles. The van der Waals surface area contributed by atoms with Crippen LogP contribution in [-0.2, 0) is 14.7 Å². The highest BCUT2D eigenvalue weighted by atomic mass is 16.7. The molecule has 0 unspecified atom stereocenters. The second-order valence-electron chi connectivity index (χ2n) is 13.3. The first-order valence-electron chi connectivity index (χ1n) is 15.2. The molecule has 0 bridgehead atoms. The third-order valence-electron chi connectivity index (χ3n) is 9.74. The highest BCUT2D eigenvalue weighted by molar-refractivity contribution is 6.64. The fourth-order valence-corrected chi connectivity index (χ4v) is 6.55. The molecular weight excluding hydrogens is 525 g/mol. The zero-order valence-electron chi connectivity index (χ0n) is 25.9. The maximum atomic E-state index is 6.59. The van der Waals surface area contributed by atoms with Crippen molar-refractivity contribution in [3.63, 3.8) is 0 Å². The summed E-state index contributed by atoms with van der Waals surface area (Å²) in [6, 6.07) is 43.6. The maximum Gasteiger partial charge on any atom is 0.496 e. The zero-order chi connectivity index (χ0) is 30.0. The Hall–Kier alpha value is -4.12. The third kappa shape index (κ3) is 4.52. The monoisotopic (exact) mass is 563 g/mol. The maximum absolute atomic E-state index is 6.59. The van der Waals surface area contributed by atoms with Gasteiger partial charge < -0.3 is 14.2 Å². The molecule has 0 radical (unpaired) electrons. The van der Waals surface area contributed by atoms with E-state index in [0.29, 0.717) is 0 Å². The molecule has 0 spiro atoms. The summed E-state index contributed by atoms with van der Waals surface area (Å²) in [4.78, 5) is 2.36. The first-order valence-corrected chi connectivity index (χ1v) is 15.2. The van der Waals surface area contributed by atoms with Crippen LogP contribution in [0.2, 0.25) is 0 Å². The molecule has 3 nitrogen and oxygen atoms in total. The van der Waals surface area contributed by atoms with Crippen LogP contribution in [0.5, 0.6) is 0 Å². The van der Waals surface area contributed by atoms with Crippen molar-refractivity contribution >= 4 is 29.6 Å². The van der Waals surface area contributed by atoms with Gasteiger partial charge in [-0.05, 0) is 91.4 Å². The molecule has 1 fully saturated rings. The summed E-state index contributed by atoms with van der Waals surface area (Å²) >= 11 is 0. The van der Waals surface area contributed by atoms with E-state index in [2.05, 4.69) is 168 Å². The van der Waals surface area contributed by atoms with E-state index in [9.17, 15) is 0 Å². The van der Waals surface area contributed by atoms with Gasteiger partial charge in [-0.1, -0.05) is 105 Å². The van der Waals surface area contributed by atoms with Gasteiger partial charge >= 0.3 is 7.12 Å². The quantitative estimate of drug-likeness (QED) is 0.199. The summed E-state index contributed by atoms with van der Waals surface area (Å²) in [5.74, 6) is 0. The number of anilines is 3. The van der Waals surface area contributed by atoms with E-state index in [0.717, 1.165) is 22.5 Å². The van der Waals surface area contributed by atoms with Crippen LogP contribution >= 0.6 is 0 Å². The average molecular weight is 564 g/mol. The van der Waals surface area contributed by atoms with Gasteiger partial charge in [0.15, 0.2) is 0 Å². The summed E-state index contributed by atoms with van der Waals surface area (Å²) in [6.07, 6.45) is 0. The van der Waals surface area contributed by atoms with Crippen molar-refractivity contribution in [1.82, 2.24) is 0 Å². The van der Waals surface area contributed by atoms with Gasteiger partial charge in [0, 0.05) is 27.9 Å². The number of hydrogen-bond acceptors (Lipinski definition) is 3. The Bertz CT molecular complexity index is 1790. The molecule has 0 atom stereocenters. The van der Waals surface area contributed by atoms with Crippen molar-refractivity contribution in [3.8, 4) is 22.3 Å². The minimum atomic E-state index is -0.484. The number of nitrogens with zero attached hydrogens (tertiary/aromatic N) is 1. The fourth-order valence-electron chi connectivity index (χ4n) is 6.55. The summed E-state index contributed by atoms with van der Waals surface area (Å²) in [5.41, 5.74) is 11.0. The molecular formula is C39H38BNO2. The van der Waals surface area contributed by atoms with Crippen LogP contribution in [-0.4, -0.2) is 18.3 Å². The lowest BCUT2D eigenvalue weighted by Gasteiger charge is -2.32. The van der Waals surface area contributed by atoms with Gasteiger partial charge in [0.25, 0.3) is 0 Å². The lowest BCUT2D eigenvalue weighted by atomic mass is 9.77. The van der Waals surface area contributed by atoms with Gasteiger partial charge in [0.05, 0.1) is 11.2 Å². The van der Waals surface area contributed by atoms with Gasteiger partial charge in [-0.2, -0.15) is 0 Å². The molecule has 0 amide bonds. The van der Waals surface area contributed by atoms with E-state index in [-0.39, 0.29) is 5.41 Å². The molecule has 5 aromatic rings. The van der Waals surface area contributed by atoms with E-state index < -0.39 is 18.3 Å². The molecule has 43 heavy (non-hydrogen) atoms. The first kappa shape index (κ1) is 27.7. The Balaban J connectivity index is 1.39. The van der Waals surface area contributed by atoms with Crippen molar-refractivity contribution in [2.45, 2.75) is 58.2 Å². The van der Waals surface area contributed by atoms with Crippen LogP contribution in [0.4, 0.5) is 17.1 Å². The van der Waals surface area contributed by atoms with E-state index in [4.69, 9.17) is 9.31 Å². The Kier molecular flexibility index (Phi) is 6.43. The molecule has 2 aliphatic rings. The van der Waals surface area contributed by atoms with Gasteiger partial charge in [0.1, 0.15) is 0 Å². The van der Waals surface area contributed by atoms with Crippen molar-refractivity contribution in [1.29, 1.82) is 0 Å². The highest BCUT2D eigenvalue weighted by Gasteiger charge is 2.52. The second-order valence-corrected chi connectivity index (χ2v) is 13.3. The molecule has 0 saturated carbocycles. The van der Waals surface area contributed by atoms with Crippen LogP contribution in [0.1, 0.15) is 52.7 Å². The number of fused-ring (bicyclic) bond motifs is 3. The second kappa shape index (κ2) is 9.97. The molecule has 5 aromatic carbocycles. The van der Waals surface area contributed by atoms with Gasteiger partial charge in [-0.25, -0.2) is 0 Å². The summed E-state index contributed by atoms with van der Waals surface area (Å²) in [6.45, 7) is 13.1. The Morgan fingerprint density at radius 1 is 0.512 bits per heavy atom. The van der Waals surface area contributed by atoms with Gasteiger partial charge in [0.2, 0.25) is 0 Å². The minimum Gasteiger partial charge on any atom is -0.399 e. The number of rotatable bonds is 5. The molecule has 1 heterocycles. The normalized spacial score (nSPS) is 17.4. The number of hydrogen-bond donors (Lipinski definition) is 0. The summed E-state index contributed by atoms with van der Waals surface area (Å²) in [5, 5.41) is 0. The molecule has 214 valence electrons. The van der Waals surface area contributed by atoms with Crippen molar-refractivity contribution in [2.24, 2.45) is 0 Å². The molecule has 7 rings (SSSR count). The Morgan fingerprint density at radius 2 is 1.07 bits per heavy atom. The van der Waals surface area contributed by atoms with Crippen molar-refractivity contribution < 1.29 is 9.31 Å². The average Bonchev–Trinajstić information content (AvgIpc) is 3.38. The zero-order valence-corrected chi connectivity index (χ0v) is 25.9. The van der Waals surface area contributed by atoms with Gasteiger partial charge in [-0.3, -0.25) is 0 Å². The topological polar surface area (TPSA) is 21.7 Å². The largest absolute Gasteiger partial charge is 0.496 e. The van der Waals surface area contributed by atoms with Crippen LogP contribution in [0.3, 0.4) is 0 Å². The van der Waals surface area contributed by atoms with Crippen molar-refractivity contribution in [3.05, 3.63) is 132 Å². The lowest BCUT2D eigenvalue weighted by molar-refractivity contribution is 0.00578. The van der Waals surface area contributed by atoms with Crippen molar-refractivity contribution in [2.75, 3.05) is 4.90 Å². The molecule has 1 aliphatic carbocycles. The lowest BCUT2D eigenvalue weighted by Crippen LogP contribution is -2.41. The molecule has 1 aliphatic heterocycles. The van der Waals surface area contributed by atoms with E-state index in [1.54, 1.807) is 0 Å². The van der Waals surface area contributed by atoms with E-state index in [1.165, 1.54) is 33.4 Å².